The molecule has 3 nitrogen and oxygen atoms in total. The second kappa shape index (κ2) is 5.92. The maximum Gasteiger partial charge on any atom is 0.339 e. The maximum absolute atomic E-state index is 11.9. The summed E-state index contributed by atoms with van der Waals surface area (Å²) in [4.78, 5) is 11.9. The van der Waals surface area contributed by atoms with Crippen LogP contribution in [0.4, 0.5) is 0 Å². The summed E-state index contributed by atoms with van der Waals surface area (Å²) in [5.41, 5.74) is 0.466. The second-order valence-electron chi connectivity index (χ2n) is 3.85. The first-order chi connectivity index (χ1) is 9.08. The van der Waals surface area contributed by atoms with Crippen LogP contribution < -0.4 is 4.74 Å². The Morgan fingerprint density at radius 1 is 1.21 bits per heavy atom. The minimum absolute atomic E-state index is 0.339. The van der Waals surface area contributed by atoms with E-state index in [2.05, 4.69) is 31.9 Å². The van der Waals surface area contributed by atoms with Crippen molar-refractivity contribution in [2.45, 2.75) is 6.92 Å². The van der Waals surface area contributed by atoms with E-state index in [1.54, 1.807) is 20.1 Å². The third-order valence-electron chi connectivity index (χ3n) is 2.71. The van der Waals surface area contributed by atoms with E-state index < -0.39 is 0 Å². The third kappa shape index (κ3) is 2.77. The summed E-state index contributed by atoms with van der Waals surface area (Å²) in [5, 5.41) is 1.84. The molecule has 0 aliphatic heterocycles. The molecule has 0 saturated carbocycles. The molecule has 2 rings (SSSR count). The van der Waals surface area contributed by atoms with Gasteiger partial charge in [0.15, 0.2) is 0 Å². The van der Waals surface area contributed by atoms with Crippen LogP contribution in [-0.2, 0) is 4.74 Å². The Balaban J connectivity index is 2.72. The molecule has 19 heavy (non-hydrogen) atoms. The summed E-state index contributed by atoms with van der Waals surface area (Å²) in [6.45, 7) is 2.12. The number of hydrogen-bond donors (Lipinski definition) is 0. The molecule has 0 radical (unpaired) electrons. The Morgan fingerprint density at radius 2 is 1.95 bits per heavy atom. The lowest BCUT2D eigenvalue weighted by Crippen LogP contribution is -2.06. The van der Waals surface area contributed by atoms with Gasteiger partial charge in [0.1, 0.15) is 5.75 Å². The number of carbonyl (C=O) groups is 1. The van der Waals surface area contributed by atoms with E-state index in [1.165, 1.54) is 0 Å². The standard InChI is InChI=1S/C14H12Br2O3/c1-3-19-14(17)11-7-12(18-2)10-6-8(15)4-5-9(10)13(11)16/h4-7H,3H2,1-2H3. The van der Waals surface area contributed by atoms with Gasteiger partial charge in [-0.05, 0) is 41.1 Å². The zero-order chi connectivity index (χ0) is 14.0. The van der Waals surface area contributed by atoms with Gasteiger partial charge >= 0.3 is 5.97 Å². The molecule has 0 aliphatic rings. The third-order valence-corrected chi connectivity index (χ3v) is 4.06. The number of ether oxygens (including phenoxy) is 2. The summed E-state index contributed by atoms with van der Waals surface area (Å²) in [5.74, 6) is 0.278. The molecule has 0 fully saturated rings. The molecule has 0 saturated heterocycles. The van der Waals surface area contributed by atoms with E-state index in [9.17, 15) is 4.79 Å². The maximum atomic E-state index is 11.9. The number of rotatable bonds is 3. The number of benzene rings is 2. The van der Waals surface area contributed by atoms with Gasteiger partial charge in [-0.25, -0.2) is 4.79 Å². The molecule has 0 bridgehead atoms. The normalized spacial score (nSPS) is 10.5. The van der Waals surface area contributed by atoms with Gasteiger partial charge in [-0.3, -0.25) is 0 Å². The summed E-state index contributed by atoms with van der Waals surface area (Å²) >= 11 is 6.90. The predicted octanol–water partition coefficient (Wildman–Crippen LogP) is 4.55. The molecule has 100 valence electrons. The Labute approximate surface area is 128 Å². The van der Waals surface area contributed by atoms with Crippen LogP contribution in [0.25, 0.3) is 10.8 Å². The van der Waals surface area contributed by atoms with Crippen molar-refractivity contribution in [1.29, 1.82) is 0 Å². The first-order valence-electron chi connectivity index (χ1n) is 5.71. The first kappa shape index (κ1) is 14.3. The summed E-state index contributed by atoms with van der Waals surface area (Å²) in [7, 11) is 1.58. The summed E-state index contributed by atoms with van der Waals surface area (Å²) in [6, 6.07) is 7.49. The number of carbonyl (C=O) groups excluding carboxylic acids is 1. The molecular weight excluding hydrogens is 376 g/mol. The highest BCUT2D eigenvalue weighted by Crippen LogP contribution is 2.36. The van der Waals surface area contributed by atoms with Gasteiger partial charge in [0, 0.05) is 19.7 Å². The van der Waals surface area contributed by atoms with E-state index in [0.717, 1.165) is 15.2 Å². The highest BCUT2D eigenvalue weighted by atomic mass is 79.9. The Kier molecular flexibility index (Phi) is 4.47. The van der Waals surface area contributed by atoms with Gasteiger partial charge in [-0.2, -0.15) is 0 Å². The molecule has 0 amide bonds. The van der Waals surface area contributed by atoms with E-state index >= 15 is 0 Å². The van der Waals surface area contributed by atoms with Gasteiger partial charge in [-0.1, -0.05) is 22.0 Å². The number of methoxy groups -OCH3 is 1. The van der Waals surface area contributed by atoms with E-state index in [0.29, 0.717) is 22.4 Å². The van der Waals surface area contributed by atoms with E-state index in [1.807, 2.05) is 18.2 Å². The molecule has 0 aromatic heterocycles. The predicted molar refractivity (Wildman–Crippen MR) is 81.9 cm³/mol. The topological polar surface area (TPSA) is 35.5 Å². The Hall–Kier alpha value is -1.07. The lowest BCUT2D eigenvalue weighted by atomic mass is 10.1. The van der Waals surface area contributed by atoms with Crippen LogP contribution in [0.1, 0.15) is 17.3 Å². The fourth-order valence-corrected chi connectivity index (χ4v) is 2.84. The molecule has 2 aromatic rings. The van der Waals surface area contributed by atoms with Crippen LogP contribution in [0.2, 0.25) is 0 Å². The van der Waals surface area contributed by atoms with E-state index in [4.69, 9.17) is 9.47 Å². The van der Waals surface area contributed by atoms with Crippen molar-refractivity contribution in [2.75, 3.05) is 13.7 Å². The molecular formula is C14H12Br2O3. The fourth-order valence-electron chi connectivity index (χ4n) is 1.86. The van der Waals surface area contributed by atoms with Gasteiger partial charge in [0.2, 0.25) is 0 Å². The van der Waals surface area contributed by atoms with Gasteiger partial charge in [0.25, 0.3) is 0 Å². The van der Waals surface area contributed by atoms with Gasteiger partial charge in [0.05, 0.1) is 19.3 Å². The second-order valence-corrected chi connectivity index (χ2v) is 5.56. The number of fused-ring (bicyclic) bond motifs is 1. The summed E-state index contributed by atoms with van der Waals surface area (Å²) < 4.78 is 12.1. The molecule has 0 heterocycles. The SMILES string of the molecule is CCOC(=O)c1cc(OC)c2cc(Br)ccc2c1Br. The van der Waals surface area contributed by atoms with Crippen LogP contribution in [0.3, 0.4) is 0 Å². The fraction of sp³-hybridized carbons (Fsp3) is 0.214. The van der Waals surface area contributed by atoms with Crippen molar-refractivity contribution in [3.05, 3.63) is 38.8 Å². The van der Waals surface area contributed by atoms with Crippen LogP contribution in [0.5, 0.6) is 5.75 Å². The lowest BCUT2D eigenvalue weighted by molar-refractivity contribution is 0.0525. The average Bonchev–Trinajstić information content (AvgIpc) is 2.39. The zero-order valence-electron chi connectivity index (χ0n) is 10.5. The highest BCUT2D eigenvalue weighted by Gasteiger charge is 2.17. The van der Waals surface area contributed by atoms with Crippen molar-refractivity contribution in [2.24, 2.45) is 0 Å². The van der Waals surface area contributed by atoms with Crippen molar-refractivity contribution in [3.8, 4) is 5.75 Å². The molecule has 0 aliphatic carbocycles. The van der Waals surface area contributed by atoms with Gasteiger partial charge < -0.3 is 9.47 Å². The number of esters is 1. The van der Waals surface area contributed by atoms with Crippen molar-refractivity contribution >= 4 is 48.6 Å². The lowest BCUT2D eigenvalue weighted by Gasteiger charge is -2.12. The number of hydrogen-bond acceptors (Lipinski definition) is 3. The van der Waals surface area contributed by atoms with Gasteiger partial charge in [-0.15, -0.1) is 0 Å². The quantitative estimate of drug-likeness (QED) is 0.724. The molecule has 0 unspecified atom stereocenters. The Morgan fingerprint density at radius 3 is 2.58 bits per heavy atom. The van der Waals surface area contributed by atoms with Crippen LogP contribution in [0.15, 0.2) is 33.2 Å². The number of halogens is 2. The van der Waals surface area contributed by atoms with Crippen molar-refractivity contribution in [1.82, 2.24) is 0 Å². The zero-order valence-corrected chi connectivity index (χ0v) is 13.7. The molecule has 5 heteroatoms. The largest absolute Gasteiger partial charge is 0.496 e. The molecule has 2 aromatic carbocycles. The van der Waals surface area contributed by atoms with Crippen LogP contribution in [0, 0.1) is 0 Å². The smallest absolute Gasteiger partial charge is 0.339 e. The highest BCUT2D eigenvalue weighted by molar-refractivity contribution is 9.11. The summed E-state index contributed by atoms with van der Waals surface area (Å²) in [6.07, 6.45) is 0. The Bertz CT molecular complexity index is 638. The molecule has 0 spiro atoms. The minimum atomic E-state index is -0.363. The first-order valence-corrected chi connectivity index (χ1v) is 7.30. The minimum Gasteiger partial charge on any atom is -0.496 e. The van der Waals surface area contributed by atoms with Crippen LogP contribution in [-0.4, -0.2) is 19.7 Å². The monoisotopic (exact) mass is 386 g/mol. The van der Waals surface area contributed by atoms with Crippen molar-refractivity contribution < 1.29 is 14.3 Å². The average molecular weight is 388 g/mol. The molecule has 0 N–H and O–H groups in total. The van der Waals surface area contributed by atoms with Crippen LogP contribution >= 0.6 is 31.9 Å². The van der Waals surface area contributed by atoms with E-state index in [-0.39, 0.29) is 5.97 Å². The van der Waals surface area contributed by atoms with Crippen molar-refractivity contribution in [3.63, 3.8) is 0 Å². The molecule has 0 atom stereocenters.